The molecule has 5 nitrogen and oxygen atoms in total. The second kappa shape index (κ2) is 8.13. The van der Waals surface area contributed by atoms with Crippen LogP contribution in [0.4, 0.5) is 0 Å². The van der Waals surface area contributed by atoms with Crippen LogP contribution in [0.3, 0.4) is 0 Å². The highest BCUT2D eigenvalue weighted by atomic mass is 32.2. The molecule has 1 amide bonds. The van der Waals surface area contributed by atoms with Gasteiger partial charge in [-0.05, 0) is 61.1 Å². The summed E-state index contributed by atoms with van der Waals surface area (Å²) < 4.78 is 28.6. The summed E-state index contributed by atoms with van der Waals surface area (Å²) in [7, 11) is -1.66. The topological polar surface area (TPSA) is 63.7 Å². The van der Waals surface area contributed by atoms with Crippen molar-refractivity contribution < 1.29 is 17.9 Å². The number of rotatable bonds is 5. The molecule has 0 saturated carbocycles. The lowest BCUT2D eigenvalue weighted by Crippen LogP contribution is -2.39. The third-order valence-electron chi connectivity index (χ3n) is 5.09. The Balaban J connectivity index is 1.59. The Bertz CT molecular complexity index is 898. The fourth-order valence-corrected chi connectivity index (χ4v) is 4.14. The minimum atomic E-state index is -3.32. The van der Waals surface area contributed by atoms with Crippen molar-refractivity contribution in [3.05, 3.63) is 59.7 Å². The van der Waals surface area contributed by atoms with Crippen molar-refractivity contribution in [3.63, 3.8) is 0 Å². The van der Waals surface area contributed by atoms with Crippen molar-refractivity contribution in [1.29, 1.82) is 0 Å². The van der Waals surface area contributed by atoms with Gasteiger partial charge in [0.15, 0.2) is 9.84 Å². The molecule has 1 saturated heterocycles. The highest BCUT2D eigenvalue weighted by molar-refractivity contribution is 7.90. The van der Waals surface area contributed by atoms with E-state index in [1.807, 2.05) is 17.0 Å². The third-order valence-corrected chi connectivity index (χ3v) is 6.20. The minimum absolute atomic E-state index is 0.0941. The van der Waals surface area contributed by atoms with Gasteiger partial charge < -0.3 is 9.64 Å². The summed E-state index contributed by atoms with van der Waals surface area (Å²) in [5, 5.41) is 0. The number of nitrogens with zero attached hydrogens (tertiary/aromatic N) is 1. The molecule has 27 heavy (non-hydrogen) atoms. The molecule has 1 heterocycles. The summed E-state index contributed by atoms with van der Waals surface area (Å²) in [5.41, 5.74) is 1.72. The van der Waals surface area contributed by atoms with Crippen LogP contribution < -0.4 is 4.74 Å². The minimum Gasteiger partial charge on any atom is -0.497 e. The number of amides is 1. The number of hydrogen-bond acceptors (Lipinski definition) is 4. The zero-order valence-electron chi connectivity index (χ0n) is 15.7. The van der Waals surface area contributed by atoms with Crippen molar-refractivity contribution in [2.24, 2.45) is 5.92 Å². The monoisotopic (exact) mass is 387 g/mol. The van der Waals surface area contributed by atoms with Crippen molar-refractivity contribution in [2.75, 3.05) is 26.5 Å². The zero-order valence-corrected chi connectivity index (χ0v) is 16.5. The number of piperidine rings is 1. The van der Waals surface area contributed by atoms with E-state index in [0.717, 1.165) is 31.3 Å². The van der Waals surface area contributed by atoms with E-state index in [1.165, 1.54) is 17.7 Å². The summed E-state index contributed by atoms with van der Waals surface area (Å²) >= 11 is 0. The van der Waals surface area contributed by atoms with E-state index in [1.54, 1.807) is 19.2 Å². The molecule has 0 unspecified atom stereocenters. The van der Waals surface area contributed by atoms with Crippen LogP contribution in [0.25, 0.3) is 0 Å². The molecule has 2 aromatic rings. The van der Waals surface area contributed by atoms with Gasteiger partial charge in [-0.25, -0.2) is 8.42 Å². The first kappa shape index (κ1) is 19.4. The van der Waals surface area contributed by atoms with Gasteiger partial charge >= 0.3 is 0 Å². The van der Waals surface area contributed by atoms with Crippen molar-refractivity contribution in [2.45, 2.75) is 24.2 Å². The standard InChI is InChI=1S/C21H25NO4S/c1-26-19-8-6-16(7-9-19)14-17-10-12-22(13-11-17)21(23)18-4-3-5-20(15-18)27(2,24)25/h3-9,15,17H,10-14H2,1-2H3. The van der Waals surface area contributed by atoms with Gasteiger partial charge in [0.1, 0.15) is 5.75 Å². The average Bonchev–Trinajstić information content (AvgIpc) is 2.68. The first-order valence-electron chi connectivity index (χ1n) is 9.09. The number of carbonyl (C=O) groups excluding carboxylic acids is 1. The Kier molecular flexibility index (Phi) is 5.85. The molecule has 2 aromatic carbocycles. The molecule has 6 heteroatoms. The van der Waals surface area contributed by atoms with Gasteiger partial charge in [-0.2, -0.15) is 0 Å². The SMILES string of the molecule is COc1ccc(CC2CCN(C(=O)c3cccc(S(C)(=O)=O)c3)CC2)cc1. The number of carbonyl (C=O) groups is 1. The number of likely N-dealkylation sites (tertiary alicyclic amines) is 1. The van der Waals surface area contributed by atoms with Crippen LogP contribution in [0.5, 0.6) is 5.75 Å². The van der Waals surface area contributed by atoms with E-state index in [0.29, 0.717) is 24.6 Å². The van der Waals surface area contributed by atoms with Crippen LogP contribution >= 0.6 is 0 Å². The van der Waals surface area contributed by atoms with E-state index >= 15 is 0 Å². The molecule has 3 rings (SSSR count). The zero-order chi connectivity index (χ0) is 19.4. The molecular weight excluding hydrogens is 362 g/mol. The van der Waals surface area contributed by atoms with E-state index < -0.39 is 9.84 Å². The van der Waals surface area contributed by atoms with Gasteiger partial charge in [0.05, 0.1) is 12.0 Å². The Labute approximate surface area is 160 Å². The molecular formula is C21H25NO4S. The first-order valence-corrected chi connectivity index (χ1v) is 11.0. The Hall–Kier alpha value is -2.34. The molecule has 144 valence electrons. The number of ether oxygens (including phenoxy) is 1. The molecule has 1 fully saturated rings. The quantitative estimate of drug-likeness (QED) is 0.790. The van der Waals surface area contributed by atoms with Crippen molar-refractivity contribution in [3.8, 4) is 5.75 Å². The van der Waals surface area contributed by atoms with Gasteiger partial charge in [-0.1, -0.05) is 18.2 Å². The highest BCUT2D eigenvalue weighted by Gasteiger charge is 2.24. The normalized spacial score (nSPS) is 15.6. The van der Waals surface area contributed by atoms with E-state index in [4.69, 9.17) is 4.74 Å². The first-order chi connectivity index (χ1) is 12.9. The lowest BCUT2D eigenvalue weighted by Gasteiger charge is -2.32. The van der Waals surface area contributed by atoms with Crippen molar-refractivity contribution in [1.82, 2.24) is 4.90 Å². The van der Waals surface area contributed by atoms with Crippen LogP contribution in [0.1, 0.15) is 28.8 Å². The van der Waals surface area contributed by atoms with Crippen molar-refractivity contribution >= 4 is 15.7 Å². The van der Waals surface area contributed by atoms with Gasteiger partial charge in [0.2, 0.25) is 0 Å². The highest BCUT2D eigenvalue weighted by Crippen LogP contribution is 2.24. The number of hydrogen-bond donors (Lipinski definition) is 0. The number of sulfone groups is 1. The summed E-state index contributed by atoms with van der Waals surface area (Å²) in [6, 6.07) is 14.4. The predicted octanol–water partition coefficient (Wildman–Crippen LogP) is 3.19. The smallest absolute Gasteiger partial charge is 0.253 e. The third kappa shape index (κ3) is 4.89. The Morgan fingerprint density at radius 2 is 1.78 bits per heavy atom. The fourth-order valence-electron chi connectivity index (χ4n) is 3.48. The largest absolute Gasteiger partial charge is 0.497 e. The van der Waals surface area contributed by atoms with Crippen LogP contribution in [0.2, 0.25) is 0 Å². The molecule has 1 aliphatic rings. The summed E-state index contributed by atoms with van der Waals surface area (Å²) in [6.45, 7) is 1.39. The number of methoxy groups -OCH3 is 1. The lowest BCUT2D eigenvalue weighted by atomic mass is 9.90. The van der Waals surface area contributed by atoms with Gasteiger partial charge in [-0.15, -0.1) is 0 Å². The van der Waals surface area contributed by atoms with Crippen LogP contribution in [-0.4, -0.2) is 45.7 Å². The second-order valence-electron chi connectivity index (χ2n) is 7.09. The maximum absolute atomic E-state index is 12.7. The van der Waals surface area contributed by atoms with E-state index in [2.05, 4.69) is 12.1 Å². The van der Waals surface area contributed by atoms with Crippen LogP contribution in [0, 0.1) is 5.92 Å². The molecule has 0 aromatic heterocycles. The molecule has 0 radical (unpaired) electrons. The summed E-state index contributed by atoms with van der Waals surface area (Å²) in [4.78, 5) is 14.7. The molecule has 0 bridgehead atoms. The second-order valence-corrected chi connectivity index (χ2v) is 9.10. The molecule has 0 N–H and O–H groups in total. The van der Waals surface area contributed by atoms with E-state index in [9.17, 15) is 13.2 Å². The van der Waals surface area contributed by atoms with E-state index in [-0.39, 0.29) is 10.8 Å². The molecule has 0 aliphatic carbocycles. The maximum atomic E-state index is 12.7. The van der Waals surface area contributed by atoms with Crippen LogP contribution in [0.15, 0.2) is 53.4 Å². The fraction of sp³-hybridized carbons (Fsp3) is 0.381. The predicted molar refractivity (Wildman–Crippen MR) is 105 cm³/mol. The number of benzene rings is 2. The summed E-state index contributed by atoms with van der Waals surface area (Å²) in [5.74, 6) is 1.31. The molecule has 0 spiro atoms. The summed E-state index contributed by atoms with van der Waals surface area (Å²) in [6.07, 6.45) is 4.05. The van der Waals surface area contributed by atoms with Gasteiger partial charge in [0, 0.05) is 24.9 Å². The average molecular weight is 388 g/mol. The molecule has 0 atom stereocenters. The molecule has 1 aliphatic heterocycles. The lowest BCUT2D eigenvalue weighted by molar-refractivity contribution is 0.0690. The maximum Gasteiger partial charge on any atom is 0.253 e. The van der Waals surface area contributed by atoms with Gasteiger partial charge in [0.25, 0.3) is 5.91 Å². The van der Waals surface area contributed by atoms with Gasteiger partial charge in [-0.3, -0.25) is 4.79 Å². The van der Waals surface area contributed by atoms with Crippen LogP contribution in [-0.2, 0) is 16.3 Å². The Morgan fingerprint density at radius 1 is 1.11 bits per heavy atom. The Morgan fingerprint density at radius 3 is 2.37 bits per heavy atom.